The molecule has 0 fully saturated rings. The molecule has 2 aromatic rings. The highest BCUT2D eigenvalue weighted by Gasteiger charge is 2.35. The fourth-order valence-electron chi connectivity index (χ4n) is 4.63. The fraction of sp³-hybridized carbons (Fsp3) is 0.577. The molecule has 2 aromatic heterocycles. The highest BCUT2D eigenvalue weighted by Crippen LogP contribution is 2.38. The fourth-order valence-corrected chi connectivity index (χ4v) is 4.63. The van der Waals surface area contributed by atoms with Crippen molar-refractivity contribution in [2.75, 3.05) is 0 Å². The quantitative estimate of drug-likeness (QED) is 0.491. The van der Waals surface area contributed by atoms with E-state index in [1.165, 1.54) is 5.56 Å². The standard InChI is InChI=1S/C26H35N3O2/c1-4-20(30)12-6-5-7-15-24(31)26(3)16-10-8-13-21-19(2)28-29-25(22(21)18-26)23-14-9-11-17-27-23/h9,11,14,17H,4-8,10,12-13,15-16,18H2,1-3H3. The highest BCUT2D eigenvalue weighted by molar-refractivity contribution is 5.85. The van der Waals surface area contributed by atoms with E-state index in [-0.39, 0.29) is 0 Å². The molecule has 166 valence electrons. The van der Waals surface area contributed by atoms with E-state index >= 15 is 0 Å². The number of aryl methyl sites for hydroxylation is 1. The molecule has 1 atom stereocenters. The molecule has 5 heteroatoms. The molecular formula is C26H35N3O2. The van der Waals surface area contributed by atoms with Gasteiger partial charge in [0.25, 0.3) is 0 Å². The smallest absolute Gasteiger partial charge is 0.139 e. The van der Waals surface area contributed by atoms with E-state index in [0.29, 0.717) is 37.2 Å². The summed E-state index contributed by atoms with van der Waals surface area (Å²) in [4.78, 5) is 29.4. The molecule has 0 bridgehead atoms. The first-order chi connectivity index (χ1) is 14.9. The van der Waals surface area contributed by atoms with Crippen molar-refractivity contribution in [2.24, 2.45) is 5.41 Å². The van der Waals surface area contributed by atoms with Crippen LogP contribution in [0.1, 0.15) is 88.5 Å². The average Bonchev–Trinajstić information content (AvgIpc) is 2.76. The molecule has 0 saturated carbocycles. The van der Waals surface area contributed by atoms with Crippen molar-refractivity contribution < 1.29 is 9.59 Å². The molecule has 0 amide bonds. The summed E-state index contributed by atoms with van der Waals surface area (Å²) in [5.74, 6) is 0.650. The van der Waals surface area contributed by atoms with Gasteiger partial charge in [-0.2, -0.15) is 5.10 Å². The van der Waals surface area contributed by atoms with E-state index in [4.69, 9.17) is 0 Å². The normalized spacial score (nSPS) is 18.7. The van der Waals surface area contributed by atoms with Gasteiger partial charge in [-0.1, -0.05) is 32.8 Å². The summed E-state index contributed by atoms with van der Waals surface area (Å²) in [6, 6.07) is 5.83. The molecule has 1 unspecified atom stereocenters. The molecule has 0 saturated heterocycles. The van der Waals surface area contributed by atoms with E-state index in [1.54, 1.807) is 6.20 Å². The number of hydrogen-bond donors (Lipinski definition) is 0. The Morgan fingerprint density at radius 3 is 2.58 bits per heavy atom. The lowest BCUT2D eigenvalue weighted by Gasteiger charge is -2.32. The molecular weight excluding hydrogens is 386 g/mol. The second kappa shape index (κ2) is 10.7. The molecule has 0 radical (unpaired) electrons. The number of nitrogens with zero attached hydrogens (tertiary/aromatic N) is 3. The third kappa shape index (κ3) is 5.84. The molecule has 1 aliphatic rings. The van der Waals surface area contributed by atoms with Crippen LogP contribution >= 0.6 is 0 Å². The Labute approximate surface area is 186 Å². The molecule has 0 spiro atoms. The van der Waals surface area contributed by atoms with Gasteiger partial charge < -0.3 is 0 Å². The van der Waals surface area contributed by atoms with Gasteiger partial charge in [-0.3, -0.25) is 14.6 Å². The van der Waals surface area contributed by atoms with Crippen LogP contribution < -0.4 is 0 Å². The number of carbonyl (C=O) groups is 2. The Bertz CT molecular complexity index is 910. The van der Waals surface area contributed by atoms with Gasteiger partial charge in [0, 0.05) is 30.9 Å². The number of rotatable bonds is 9. The highest BCUT2D eigenvalue weighted by atomic mass is 16.1. The van der Waals surface area contributed by atoms with Gasteiger partial charge in [-0.15, -0.1) is 5.10 Å². The van der Waals surface area contributed by atoms with E-state index in [2.05, 4.69) is 22.1 Å². The summed E-state index contributed by atoms with van der Waals surface area (Å²) < 4.78 is 0. The number of fused-ring (bicyclic) bond motifs is 1. The molecule has 1 aliphatic carbocycles. The van der Waals surface area contributed by atoms with E-state index in [9.17, 15) is 9.59 Å². The first-order valence-electron chi connectivity index (χ1n) is 11.8. The topological polar surface area (TPSA) is 72.8 Å². The molecule has 0 aromatic carbocycles. The molecule has 2 heterocycles. The van der Waals surface area contributed by atoms with Gasteiger partial charge in [0.15, 0.2) is 0 Å². The second-order valence-corrected chi connectivity index (χ2v) is 9.13. The van der Waals surface area contributed by atoms with Crippen molar-refractivity contribution in [2.45, 2.75) is 91.4 Å². The third-order valence-electron chi connectivity index (χ3n) is 6.69. The van der Waals surface area contributed by atoms with E-state index in [0.717, 1.165) is 67.6 Å². The maximum Gasteiger partial charge on any atom is 0.139 e. The number of ketones is 2. The van der Waals surface area contributed by atoms with Gasteiger partial charge in [-0.05, 0) is 68.7 Å². The zero-order valence-corrected chi connectivity index (χ0v) is 19.2. The summed E-state index contributed by atoms with van der Waals surface area (Å²) in [5.41, 5.74) is 4.60. The van der Waals surface area contributed by atoms with Crippen LogP contribution in [0.5, 0.6) is 0 Å². The van der Waals surface area contributed by atoms with Crippen molar-refractivity contribution in [3.63, 3.8) is 0 Å². The Morgan fingerprint density at radius 2 is 1.84 bits per heavy atom. The monoisotopic (exact) mass is 421 g/mol. The van der Waals surface area contributed by atoms with Crippen molar-refractivity contribution >= 4 is 11.6 Å². The van der Waals surface area contributed by atoms with Crippen LogP contribution in [0.25, 0.3) is 11.4 Å². The Morgan fingerprint density at radius 1 is 1.03 bits per heavy atom. The lowest BCUT2D eigenvalue weighted by Crippen LogP contribution is -2.32. The van der Waals surface area contributed by atoms with Crippen molar-refractivity contribution in [1.82, 2.24) is 15.2 Å². The second-order valence-electron chi connectivity index (χ2n) is 9.13. The average molecular weight is 422 g/mol. The van der Waals surface area contributed by atoms with Gasteiger partial charge in [0.1, 0.15) is 17.3 Å². The summed E-state index contributed by atoms with van der Waals surface area (Å²) in [6.45, 7) is 6.06. The number of hydrogen-bond acceptors (Lipinski definition) is 5. The van der Waals surface area contributed by atoms with Crippen LogP contribution in [-0.2, 0) is 22.4 Å². The Balaban J connectivity index is 1.79. The minimum Gasteiger partial charge on any atom is -0.300 e. The molecule has 0 N–H and O–H groups in total. The number of aromatic nitrogens is 3. The van der Waals surface area contributed by atoms with Crippen LogP contribution in [0.2, 0.25) is 0 Å². The SMILES string of the molecule is CCC(=O)CCCCCC(=O)C1(C)CCCCc2c(C)nnc(-c3ccccn3)c2C1. The summed E-state index contributed by atoms with van der Waals surface area (Å²) in [6.07, 6.45) is 11.0. The number of Topliss-reactive ketones (excluding diaryl/α,β-unsaturated/α-hetero) is 2. The summed E-state index contributed by atoms with van der Waals surface area (Å²) in [7, 11) is 0. The van der Waals surface area contributed by atoms with Crippen LogP contribution in [0.3, 0.4) is 0 Å². The van der Waals surface area contributed by atoms with Crippen molar-refractivity contribution in [3.8, 4) is 11.4 Å². The molecule has 3 rings (SSSR count). The zero-order valence-electron chi connectivity index (χ0n) is 19.2. The van der Waals surface area contributed by atoms with Crippen molar-refractivity contribution in [3.05, 3.63) is 41.2 Å². The number of carbonyl (C=O) groups excluding carboxylic acids is 2. The van der Waals surface area contributed by atoms with Gasteiger partial charge in [0.2, 0.25) is 0 Å². The zero-order chi connectivity index (χ0) is 22.3. The predicted molar refractivity (Wildman–Crippen MR) is 123 cm³/mol. The van der Waals surface area contributed by atoms with Crippen molar-refractivity contribution in [1.29, 1.82) is 0 Å². The van der Waals surface area contributed by atoms with Crippen LogP contribution in [0, 0.1) is 12.3 Å². The van der Waals surface area contributed by atoms with Gasteiger partial charge in [-0.25, -0.2) is 0 Å². The summed E-state index contributed by atoms with van der Waals surface area (Å²) in [5, 5.41) is 8.94. The van der Waals surface area contributed by atoms with Gasteiger partial charge >= 0.3 is 0 Å². The molecule has 5 nitrogen and oxygen atoms in total. The third-order valence-corrected chi connectivity index (χ3v) is 6.69. The maximum atomic E-state index is 13.4. The Kier molecular flexibility index (Phi) is 8.05. The maximum absolute atomic E-state index is 13.4. The van der Waals surface area contributed by atoms with E-state index in [1.807, 2.05) is 32.0 Å². The first-order valence-corrected chi connectivity index (χ1v) is 11.8. The minimum absolute atomic E-state index is 0.313. The minimum atomic E-state index is -0.395. The van der Waals surface area contributed by atoms with Crippen LogP contribution in [-0.4, -0.2) is 26.7 Å². The summed E-state index contributed by atoms with van der Waals surface area (Å²) >= 11 is 0. The van der Waals surface area contributed by atoms with Crippen LogP contribution in [0.15, 0.2) is 24.4 Å². The molecule has 31 heavy (non-hydrogen) atoms. The van der Waals surface area contributed by atoms with Crippen LogP contribution in [0.4, 0.5) is 0 Å². The lowest BCUT2D eigenvalue weighted by atomic mass is 9.71. The largest absolute Gasteiger partial charge is 0.300 e. The number of unbranched alkanes of at least 4 members (excludes halogenated alkanes) is 2. The number of pyridine rings is 1. The predicted octanol–water partition coefficient (Wildman–Crippen LogP) is 5.62. The van der Waals surface area contributed by atoms with E-state index < -0.39 is 5.41 Å². The molecule has 0 aliphatic heterocycles. The lowest BCUT2D eigenvalue weighted by molar-refractivity contribution is -0.128. The first kappa shape index (κ1) is 23.2. The van der Waals surface area contributed by atoms with Gasteiger partial charge in [0.05, 0.1) is 11.4 Å². The Hall–Kier alpha value is -2.43.